The number of aryl methyl sites for hydroxylation is 1. The van der Waals surface area contributed by atoms with Crippen LogP contribution in [0.1, 0.15) is 36.1 Å². The Morgan fingerprint density at radius 3 is 2.39 bits per heavy atom. The molecule has 3 aromatic rings. The lowest BCUT2D eigenvalue weighted by Crippen LogP contribution is -2.25. The summed E-state index contributed by atoms with van der Waals surface area (Å²) in [6, 6.07) is 14.5. The van der Waals surface area contributed by atoms with Crippen molar-refractivity contribution in [2.24, 2.45) is 0 Å². The highest BCUT2D eigenvalue weighted by Gasteiger charge is 2.31. The summed E-state index contributed by atoms with van der Waals surface area (Å²) in [5, 5.41) is 10.4. The largest absolute Gasteiger partial charge is 0.508 e. The predicted molar refractivity (Wildman–Crippen MR) is 140 cm³/mol. The van der Waals surface area contributed by atoms with Crippen LogP contribution in [-0.4, -0.2) is 45.0 Å². The van der Waals surface area contributed by atoms with E-state index in [1.165, 1.54) is 0 Å². The predicted octanol–water partition coefficient (Wildman–Crippen LogP) is 4.96. The zero-order valence-electron chi connectivity index (χ0n) is 21.5. The van der Waals surface area contributed by atoms with Crippen molar-refractivity contribution in [2.75, 3.05) is 35.0 Å². The summed E-state index contributed by atoms with van der Waals surface area (Å²) in [6.07, 6.45) is 1.48. The molecule has 0 saturated heterocycles. The molecule has 7 nitrogen and oxygen atoms in total. The van der Waals surface area contributed by atoms with Crippen molar-refractivity contribution in [3.63, 3.8) is 0 Å². The normalized spacial score (nSPS) is 14.4. The van der Waals surface area contributed by atoms with E-state index in [9.17, 15) is 9.90 Å². The van der Waals surface area contributed by atoms with Crippen LogP contribution in [0.5, 0.6) is 28.7 Å². The van der Waals surface area contributed by atoms with Gasteiger partial charge < -0.3 is 24.1 Å². The van der Waals surface area contributed by atoms with E-state index in [0.29, 0.717) is 36.1 Å². The van der Waals surface area contributed by atoms with E-state index in [1.54, 1.807) is 39.5 Å². The van der Waals surface area contributed by atoms with Crippen molar-refractivity contribution in [1.82, 2.24) is 4.90 Å². The number of benzene rings is 2. The van der Waals surface area contributed by atoms with E-state index >= 15 is 0 Å². The van der Waals surface area contributed by atoms with Crippen LogP contribution >= 0.6 is 0 Å². The summed E-state index contributed by atoms with van der Waals surface area (Å²) < 4.78 is 22.8. The van der Waals surface area contributed by atoms with Crippen LogP contribution in [0.25, 0.3) is 11.1 Å². The zero-order chi connectivity index (χ0) is 25.8. The number of phenols is 1. The Bertz CT molecular complexity index is 1310. The van der Waals surface area contributed by atoms with Gasteiger partial charge in [0.1, 0.15) is 5.75 Å². The second-order valence-electron chi connectivity index (χ2n) is 8.79. The van der Waals surface area contributed by atoms with Crippen LogP contribution in [0.15, 0.2) is 53.3 Å². The molecule has 7 heteroatoms. The van der Waals surface area contributed by atoms with Gasteiger partial charge in [-0.3, -0.25) is 9.69 Å². The molecular formula is C29H33NO6. The average molecular weight is 492 g/mol. The van der Waals surface area contributed by atoms with Crippen molar-refractivity contribution >= 4 is 0 Å². The second-order valence-corrected chi connectivity index (χ2v) is 8.79. The quantitative estimate of drug-likeness (QED) is 0.477. The number of rotatable bonds is 8. The van der Waals surface area contributed by atoms with E-state index in [4.69, 9.17) is 18.9 Å². The lowest BCUT2D eigenvalue weighted by molar-refractivity contribution is 0.223. The molecule has 4 rings (SSSR count). The minimum Gasteiger partial charge on any atom is -0.508 e. The Morgan fingerprint density at radius 1 is 0.972 bits per heavy atom. The number of hydrogen-bond acceptors (Lipinski definition) is 7. The van der Waals surface area contributed by atoms with Gasteiger partial charge in [0.15, 0.2) is 17.2 Å². The maximum absolute atomic E-state index is 13.2. The second kappa shape index (κ2) is 10.9. The molecule has 1 unspecified atom stereocenters. The van der Waals surface area contributed by atoms with Gasteiger partial charge in [-0.2, -0.15) is 0 Å². The minimum absolute atomic E-state index is 0.108. The lowest BCUT2D eigenvalue weighted by Gasteiger charge is -2.28. The van der Waals surface area contributed by atoms with E-state index in [0.717, 1.165) is 40.7 Å². The Morgan fingerprint density at radius 2 is 1.72 bits per heavy atom. The summed E-state index contributed by atoms with van der Waals surface area (Å²) in [7, 11) is 6.81. The molecule has 0 fully saturated rings. The van der Waals surface area contributed by atoms with E-state index in [-0.39, 0.29) is 17.2 Å². The third kappa shape index (κ3) is 4.71. The number of nitrogens with zero attached hydrogens (tertiary/aromatic N) is 1. The Balaban J connectivity index is 1.96. The van der Waals surface area contributed by atoms with E-state index in [1.807, 2.05) is 44.3 Å². The molecule has 0 radical (unpaired) electrons. The molecule has 1 aliphatic rings. The minimum atomic E-state index is -0.179. The molecular weight excluding hydrogens is 458 g/mol. The Kier molecular flexibility index (Phi) is 7.70. The van der Waals surface area contributed by atoms with Crippen molar-refractivity contribution in [3.8, 4) is 39.9 Å². The van der Waals surface area contributed by atoms with Crippen molar-refractivity contribution < 1.29 is 24.1 Å². The molecule has 0 aliphatic heterocycles. The molecule has 1 N–H and O–H groups in total. The summed E-state index contributed by atoms with van der Waals surface area (Å²) in [6.45, 7) is 2.77. The lowest BCUT2D eigenvalue weighted by atomic mass is 9.95. The number of para-hydroxylation sites is 1. The van der Waals surface area contributed by atoms with Crippen LogP contribution in [0.3, 0.4) is 0 Å². The molecule has 0 spiro atoms. The maximum Gasteiger partial charge on any atom is 0.220 e. The number of phenolic OH excluding ortho intramolecular Hbond substituents is 1. The molecule has 0 bridgehead atoms. The highest BCUT2D eigenvalue weighted by Crippen LogP contribution is 2.51. The van der Waals surface area contributed by atoms with Gasteiger partial charge in [0.05, 0.1) is 27.9 Å². The van der Waals surface area contributed by atoms with Gasteiger partial charge in [0.2, 0.25) is 11.2 Å². The zero-order valence-corrected chi connectivity index (χ0v) is 21.5. The van der Waals surface area contributed by atoms with Crippen LogP contribution in [-0.2, 0) is 13.0 Å². The standard InChI is InChI=1S/C29H33NO6/c1-6-36-25-14-12-20-21(16-24(25)32)22(30(2)17-19-9-7-8-10-23(19)31)13-11-18-15-26(33-3)28(34-4)29(35-5)27(18)20/h7-10,12,14-16,22,31H,6,11,13,17H2,1-5H3. The van der Waals surface area contributed by atoms with Crippen LogP contribution in [0.4, 0.5) is 0 Å². The Hall–Kier alpha value is -3.71. The van der Waals surface area contributed by atoms with Gasteiger partial charge in [0, 0.05) is 23.7 Å². The van der Waals surface area contributed by atoms with Crippen molar-refractivity contribution in [2.45, 2.75) is 32.4 Å². The van der Waals surface area contributed by atoms with Gasteiger partial charge in [0.25, 0.3) is 0 Å². The van der Waals surface area contributed by atoms with E-state index < -0.39 is 0 Å². The first-order chi connectivity index (χ1) is 17.4. The van der Waals surface area contributed by atoms with Crippen molar-refractivity contribution in [3.05, 3.63) is 75.4 Å². The Labute approximate surface area is 211 Å². The summed E-state index contributed by atoms with van der Waals surface area (Å²) in [5.41, 5.74) is 4.30. The maximum atomic E-state index is 13.2. The molecule has 0 amide bonds. The molecule has 1 atom stereocenters. The fraction of sp³-hybridized carbons (Fsp3) is 0.345. The van der Waals surface area contributed by atoms with Gasteiger partial charge in [-0.15, -0.1) is 0 Å². The number of aromatic hydroxyl groups is 1. The number of hydrogen-bond donors (Lipinski definition) is 1. The first-order valence-corrected chi connectivity index (χ1v) is 12.0. The van der Waals surface area contributed by atoms with Crippen LogP contribution in [0, 0.1) is 0 Å². The van der Waals surface area contributed by atoms with Gasteiger partial charge in [-0.05, 0) is 67.8 Å². The molecule has 0 heterocycles. The van der Waals surface area contributed by atoms with Crippen LogP contribution in [0.2, 0.25) is 0 Å². The number of ether oxygens (including phenoxy) is 4. The van der Waals surface area contributed by atoms with Gasteiger partial charge in [-0.25, -0.2) is 0 Å². The molecule has 1 aliphatic carbocycles. The molecule has 36 heavy (non-hydrogen) atoms. The monoisotopic (exact) mass is 491 g/mol. The molecule has 3 aromatic carbocycles. The summed E-state index contributed by atoms with van der Waals surface area (Å²) >= 11 is 0. The SMILES string of the molecule is CCOc1ccc2c(cc1=O)C(N(C)Cc1ccccc1O)CCc1cc(OC)c(OC)c(OC)c1-2. The van der Waals surface area contributed by atoms with Crippen LogP contribution < -0.4 is 24.4 Å². The fourth-order valence-electron chi connectivity index (χ4n) is 5.03. The molecule has 0 saturated carbocycles. The fourth-order valence-corrected chi connectivity index (χ4v) is 5.03. The first-order valence-electron chi connectivity index (χ1n) is 12.0. The third-order valence-electron chi connectivity index (χ3n) is 6.71. The average Bonchev–Trinajstić information content (AvgIpc) is 3.12. The summed E-state index contributed by atoms with van der Waals surface area (Å²) in [4.78, 5) is 15.4. The topological polar surface area (TPSA) is 77.5 Å². The van der Waals surface area contributed by atoms with Crippen molar-refractivity contribution in [1.29, 1.82) is 0 Å². The summed E-state index contributed by atoms with van der Waals surface area (Å²) in [5.74, 6) is 2.21. The van der Waals surface area contributed by atoms with Gasteiger partial charge in [-0.1, -0.05) is 24.3 Å². The highest BCUT2D eigenvalue weighted by atomic mass is 16.5. The number of fused-ring (bicyclic) bond motifs is 3. The third-order valence-corrected chi connectivity index (χ3v) is 6.71. The number of methoxy groups -OCH3 is 3. The molecule has 0 aromatic heterocycles. The smallest absolute Gasteiger partial charge is 0.220 e. The van der Waals surface area contributed by atoms with Gasteiger partial charge >= 0.3 is 0 Å². The highest BCUT2D eigenvalue weighted by molar-refractivity contribution is 5.82. The van der Waals surface area contributed by atoms with E-state index in [2.05, 4.69) is 4.90 Å². The molecule has 190 valence electrons. The first kappa shape index (κ1) is 25.4.